The van der Waals surface area contributed by atoms with Gasteiger partial charge in [-0.3, -0.25) is 4.79 Å². The van der Waals surface area contributed by atoms with Crippen molar-refractivity contribution in [2.75, 3.05) is 0 Å². The molecule has 4 aromatic rings. The van der Waals surface area contributed by atoms with E-state index in [9.17, 15) is 4.79 Å². The third kappa shape index (κ3) is 3.03. The molecule has 5 rings (SSSR count). The maximum Gasteiger partial charge on any atom is 0.188 e. The van der Waals surface area contributed by atoms with E-state index in [-0.39, 0.29) is 5.78 Å². The summed E-state index contributed by atoms with van der Waals surface area (Å²) in [6.45, 7) is 2.00. The number of nitrogens with zero attached hydrogens (tertiary/aromatic N) is 1. The molecule has 1 aliphatic rings. The van der Waals surface area contributed by atoms with Crippen molar-refractivity contribution in [1.82, 2.24) is 9.97 Å². The molecule has 0 unspecified atom stereocenters. The number of carbonyl (C=O) groups is 1. The minimum Gasteiger partial charge on any atom is -0.474 e. The molecular weight excluding hydrogens is 376 g/mol. The van der Waals surface area contributed by atoms with Gasteiger partial charge in [-0.05, 0) is 43.5 Å². The van der Waals surface area contributed by atoms with E-state index in [0.29, 0.717) is 18.0 Å². The summed E-state index contributed by atoms with van der Waals surface area (Å²) in [4.78, 5) is 20.2. The Morgan fingerprint density at radius 2 is 1.97 bits per heavy atom. The lowest BCUT2D eigenvalue weighted by Gasteiger charge is -2.31. The quantitative estimate of drug-likeness (QED) is 0.480. The number of fused-ring (bicyclic) bond motifs is 1. The van der Waals surface area contributed by atoms with Gasteiger partial charge in [-0.2, -0.15) is 0 Å². The third-order valence-electron chi connectivity index (χ3n) is 5.80. The van der Waals surface area contributed by atoms with Gasteiger partial charge < -0.3 is 14.1 Å². The lowest BCUT2D eigenvalue weighted by molar-refractivity contribution is 0.0972. The van der Waals surface area contributed by atoms with Crippen molar-refractivity contribution >= 4 is 5.78 Å². The van der Waals surface area contributed by atoms with Crippen LogP contribution in [-0.2, 0) is 12.0 Å². The Balaban J connectivity index is 1.69. The molecule has 1 N–H and O–H groups in total. The first-order valence-corrected chi connectivity index (χ1v) is 10.1. The molecule has 2 aromatic heterocycles. The van der Waals surface area contributed by atoms with Crippen molar-refractivity contribution in [3.8, 4) is 16.9 Å². The smallest absolute Gasteiger partial charge is 0.188 e. The number of furan rings is 1. The Bertz CT molecular complexity index is 1160. The molecule has 2 aromatic carbocycles. The topological polar surface area (TPSA) is 68.1 Å². The molecule has 0 fully saturated rings. The van der Waals surface area contributed by atoms with E-state index in [2.05, 4.69) is 9.97 Å². The van der Waals surface area contributed by atoms with Gasteiger partial charge in [0.25, 0.3) is 0 Å². The van der Waals surface area contributed by atoms with Crippen LogP contribution in [0.25, 0.3) is 11.1 Å². The predicted octanol–water partition coefficient (Wildman–Crippen LogP) is 5.53. The molecular formula is C25H22N2O3. The van der Waals surface area contributed by atoms with Crippen molar-refractivity contribution in [2.24, 2.45) is 0 Å². The van der Waals surface area contributed by atoms with Crippen LogP contribution in [0.4, 0.5) is 0 Å². The minimum absolute atomic E-state index is 0.185. The van der Waals surface area contributed by atoms with Crippen LogP contribution in [0.2, 0.25) is 0 Å². The monoisotopic (exact) mass is 398 g/mol. The molecule has 0 saturated heterocycles. The summed E-state index contributed by atoms with van der Waals surface area (Å²) in [6.07, 6.45) is 9.13. The summed E-state index contributed by atoms with van der Waals surface area (Å²) in [7, 11) is 0. The Kier molecular flexibility index (Phi) is 4.51. The zero-order valence-electron chi connectivity index (χ0n) is 16.7. The molecule has 1 atom stereocenters. The zero-order chi connectivity index (χ0) is 20.6. The Morgan fingerprint density at radius 1 is 1.10 bits per heavy atom. The van der Waals surface area contributed by atoms with Gasteiger partial charge in [0.2, 0.25) is 0 Å². The number of aromatic nitrogens is 2. The molecule has 5 heteroatoms. The van der Waals surface area contributed by atoms with Gasteiger partial charge in [-0.15, -0.1) is 0 Å². The second-order valence-corrected chi connectivity index (χ2v) is 7.69. The number of nitrogens with one attached hydrogen (secondary N) is 1. The molecule has 1 aliphatic carbocycles. The number of hydrogen-bond donors (Lipinski definition) is 1. The van der Waals surface area contributed by atoms with Gasteiger partial charge >= 0.3 is 0 Å². The first kappa shape index (κ1) is 18.4. The van der Waals surface area contributed by atoms with E-state index in [1.165, 1.54) is 0 Å². The van der Waals surface area contributed by atoms with E-state index in [4.69, 9.17) is 9.15 Å². The summed E-state index contributed by atoms with van der Waals surface area (Å²) in [5.41, 5.74) is 3.78. The van der Waals surface area contributed by atoms with Gasteiger partial charge in [0, 0.05) is 41.1 Å². The fourth-order valence-corrected chi connectivity index (χ4v) is 4.26. The van der Waals surface area contributed by atoms with Crippen molar-refractivity contribution in [1.29, 1.82) is 0 Å². The van der Waals surface area contributed by atoms with Crippen LogP contribution in [0.5, 0.6) is 5.75 Å². The molecule has 0 bridgehead atoms. The van der Waals surface area contributed by atoms with Crippen molar-refractivity contribution in [3.63, 3.8) is 0 Å². The summed E-state index contributed by atoms with van der Waals surface area (Å²) >= 11 is 0. The molecule has 0 saturated carbocycles. The number of aromatic amines is 1. The number of carbonyl (C=O) groups excluding carboxylic acids is 1. The number of H-pyrrole nitrogens is 1. The number of Topliss-reactive ketones (excluding diaryl/α,β-unsaturated/α-hetero) is 1. The number of ketones is 1. The van der Waals surface area contributed by atoms with E-state index >= 15 is 0 Å². The lowest BCUT2D eigenvalue weighted by atomic mass is 9.85. The normalized spacial score (nSPS) is 15.4. The summed E-state index contributed by atoms with van der Waals surface area (Å²) in [6, 6.07) is 15.7. The fraction of sp³-hybridized carbons (Fsp3) is 0.200. The van der Waals surface area contributed by atoms with Crippen molar-refractivity contribution in [2.45, 2.75) is 31.8 Å². The van der Waals surface area contributed by atoms with Crippen LogP contribution in [0.1, 0.15) is 47.1 Å². The second-order valence-electron chi connectivity index (χ2n) is 7.69. The largest absolute Gasteiger partial charge is 0.474 e. The highest BCUT2D eigenvalue weighted by molar-refractivity contribution is 6.01. The van der Waals surface area contributed by atoms with Crippen LogP contribution in [0.3, 0.4) is 0 Å². The SMILES string of the molecule is C[C@](Oc1ccc2c(c1-c1ccoc1)CCCC2=O)(c1ccccc1)c1ncc[nH]1. The Hall–Kier alpha value is -3.60. The minimum atomic E-state index is -0.837. The molecule has 0 amide bonds. The van der Waals surface area contributed by atoms with Crippen LogP contribution >= 0.6 is 0 Å². The van der Waals surface area contributed by atoms with E-state index < -0.39 is 5.60 Å². The summed E-state index contributed by atoms with van der Waals surface area (Å²) in [5.74, 6) is 1.60. The highest BCUT2D eigenvalue weighted by atomic mass is 16.5. The predicted molar refractivity (Wildman–Crippen MR) is 114 cm³/mol. The third-order valence-corrected chi connectivity index (χ3v) is 5.80. The first-order valence-electron chi connectivity index (χ1n) is 10.1. The average molecular weight is 398 g/mol. The number of hydrogen-bond acceptors (Lipinski definition) is 4. The van der Waals surface area contributed by atoms with Crippen LogP contribution < -0.4 is 4.74 Å². The van der Waals surface area contributed by atoms with Crippen LogP contribution in [0, 0.1) is 0 Å². The number of ether oxygens (including phenoxy) is 1. The zero-order valence-corrected chi connectivity index (χ0v) is 16.7. The molecule has 150 valence electrons. The molecule has 0 radical (unpaired) electrons. The average Bonchev–Trinajstić information content (AvgIpc) is 3.49. The molecule has 30 heavy (non-hydrogen) atoms. The second kappa shape index (κ2) is 7.34. The highest BCUT2D eigenvalue weighted by Gasteiger charge is 2.36. The molecule has 5 nitrogen and oxygen atoms in total. The maximum absolute atomic E-state index is 12.5. The number of rotatable bonds is 5. The molecule has 2 heterocycles. The fourth-order valence-electron chi connectivity index (χ4n) is 4.26. The van der Waals surface area contributed by atoms with E-state index in [0.717, 1.165) is 40.7 Å². The van der Waals surface area contributed by atoms with Crippen molar-refractivity contribution < 1.29 is 13.9 Å². The lowest BCUT2D eigenvalue weighted by Crippen LogP contribution is -2.32. The summed E-state index contributed by atoms with van der Waals surface area (Å²) in [5, 5.41) is 0. The number of benzene rings is 2. The van der Waals surface area contributed by atoms with Crippen LogP contribution in [-0.4, -0.2) is 15.8 Å². The van der Waals surface area contributed by atoms with Gasteiger partial charge in [0.1, 0.15) is 5.75 Å². The van der Waals surface area contributed by atoms with Gasteiger partial charge in [-0.1, -0.05) is 30.3 Å². The number of imidazole rings is 1. The van der Waals surface area contributed by atoms with Crippen molar-refractivity contribution in [3.05, 3.63) is 96.0 Å². The van der Waals surface area contributed by atoms with Gasteiger partial charge in [0.05, 0.1) is 12.5 Å². The standard InChI is InChI=1S/C25H22N2O3/c1-25(24-26-13-14-27-24,18-6-3-2-4-7-18)30-22-11-10-19-20(8-5-9-21(19)28)23(22)17-12-15-29-16-17/h2-4,6-7,10-16H,5,8-9H2,1H3,(H,26,27)/t25-/m0/s1. The van der Waals surface area contributed by atoms with Gasteiger partial charge in [-0.25, -0.2) is 4.98 Å². The van der Waals surface area contributed by atoms with Gasteiger partial charge in [0.15, 0.2) is 17.2 Å². The Morgan fingerprint density at radius 3 is 2.70 bits per heavy atom. The summed E-state index contributed by atoms with van der Waals surface area (Å²) < 4.78 is 12.1. The molecule has 0 aliphatic heterocycles. The Labute approximate surface area is 174 Å². The molecule has 0 spiro atoms. The maximum atomic E-state index is 12.5. The van der Waals surface area contributed by atoms with E-state index in [1.807, 2.05) is 55.5 Å². The van der Waals surface area contributed by atoms with E-state index in [1.54, 1.807) is 24.9 Å². The highest BCUT2D eigenvalue weighted by Crippen LogP contribution is 2.43. The first-order chi connectivity index (χ1) is 14.7. The van der Waals surface area contributed by atoms with Crippen LogP contribution in [0.15, 0.2) is 77.9 Å².